The molecule has 0 aromatic carbocycles. The summed E-state index contributed by atoms with van der Waals surface area (Å²) >= 11 is 3.36. The van der Waals surface area contributed by atoms with Gasteiger partial charge in [0.05, 0.1) is 11.7 Å². The Bertz CT molecular complexity index is 310. The highest BCUT2D eigenvalue weighted by molar-refractivity contribution is 9.10. The fraction of sp³-hybridized carbons (Fsp3) is 0.300. The summed E-state index contributed by atoms with van der Waals surface area (Å²) in [6.07, 6.45) is 4.34. The van der Waals surface area contributed by atoms with Gasteiger partial charge in [0.1, 0.15) is 0 Å². The van der Waals surface area contributed by atoms with Crippen LogP contribution in [0.5, 0.6) is 0 Å². The molecule has 1 aromatic heterocycles. The molecule has 1 heterocycles. The minimum absolute atomic E-state index is 0.0365. The Balaban J connectivity index is 2.94. The second-order valence-electron chi connectivity index (χ2n) is 2.99. The van der Waals surface area contributed by atoms with Crippen LogP contribution in [0.15, 0.2) is 29.4 Å². The number of nitrogens with zero attached hydrogens (tertiary/aromatic N) is 1. The van der Waals surface area contributed by atoms with Crippen LogP contribution in [0.3, 0.4) is 0 Å². The SMILES string of the molecule is C=CCC(N)c1ncc(Br)cc1C. The Labute approximate surface area is 87.0 Å². The first kappa shape index (κ1) is 10.4. The van der Waals surface area contributed by atoms with Crippen LogP contribution in [0.25, 0.3) is 0 Å². The van der Waals surface area contributed by atoms with Crippen LogP contribution in [-0.2, 0) is 0 Å². The lowest BCUT2D eigenvalue weighted by Crippen LogP contribution is -2.12. The number of aryl methyl sites for hydroxylation is 1. The molecule has 13 heavy (non-hydrogen) atoms. The van der Waals surface area contributed by atoms with Crippen molar-refractivity contribution in [2.24, 2.45) is 5.73 Å². The molecule has 0 amide bonds. The van der Waals surface area contributed by atoms with E-state index in [0.717, 1.165) is 22.2 Å². The van der Waals surface area contributed by atoms with E-state index in [-0.39, 0.29) is 6.04 Å². The van der Waals surface area contributed by atoms with Crippen LogP contribution >= 0.6 is 15.9 Å². The Kier molecular flexibility index (Phi) is 3.63. The van der Waals surface area contributed by atoms with Gasteiger partial charge in [-0.1, -0.05) is 6.08 Å². The van der Waals surface area contributed by atoms with Crippen LogP contribution in [0.1, 0.15) is 23.7 Å². The van der Waals surface area contributed by atoms with Gasteiger partial charge in [0.2, 0.25) is 0 Å². The number of pyridine rings is 1. The van der Waals surface area contributed by atoms with Crippen molar-refractivity contribution < 1.29 is 0 Å². The van der Waals surface area contributed by atoms with E-state index in [1.54, 1.807) is 6.20 Å². The molecule has 0 saturated carbocycles. The molecule has 2 N–H and O–H groups in total. The molecule has 0 saturated heterocycles. The first-order valence-electron chi connectivity index (χ1n) is 4.13. The van der Waals surface area contributed by atoms with E-state index in [0.29, 0.717) is 0 Å². The molecule has 0 radical (unpaired) electrons. The molecule has 3 heteroatoms. The summed E-state index contributed by atoms with van der Waals surface area (Å²) < 4.78 is 0.986. The molecule has 0 aliphatic rings. The highest BCUT2D eigenvalue weighted by atomic mass is 79.9. The van der Waals surface area contributed by atoms with E-state index in [2.05, 4.69) is 27.5 Å². The van der Waals surface area contributed by atoms with Crippen LogP contribution < -0.4 is 5.73 Å². The quantitative estimate of drug-likeness (QED) is 0.826. The van der Waals surface area contributed by atoms with Gasteiger partial charge < -0.3 is 5.73 Å². The van der Waals surface area contributed by atoms with E-state index in [1.165, 1.54) is 0 Å². The topological polar surface area (TPSA) is 38.9 Å². The average Bonchev–Trinajstić information content (AvgIpc) is 2.04. The third-order valence-electron chi connectivity index (χ3n) is 1.86. The van der Waals surface area contributed by atoms with Gasteiger partial charge in [0.25, 0.3) is 0 Å². The van der Waals surface area contributed by atoms with E-state index < -0.39 is 0 Å². The maximum atomic E-state index is 5.91. The van der Waals surface area contributed by atoms with Crippen LogP contribution in [-0.4, -0.2) is 4.98 Å². The van der Waals surface area contributed by atoms with Crippen molar-refractivity contribution in [3.8, 4) is 0 Å². The molecular formula is C10H13BrN2. The average molecular weight is 241 g/mol. The molecule has 1 atom stereocenters. The van der Waals surface area contributed by atoms with Crippen molar-refractivity contribution in [3.63, 3.8) is 0 Å². The van der Waals surface area contributed by atoms with Gasteiger partial charge in [-0.25, -0.2) is 0 Å². The van der Waals surface area contributed by atoms with Crippen molar-refractivity contribution in [2.75, 3.05) is 0 Å². The van der Waals surface area contributed by atoms with E-state index in [4.69, 9.17) is 5.73 Å². The summed E-state index contributed by atoms with van der Waals surface area (Å²) in [4.78, 5) is 4.28. The van der Waals surface area contributed by atoms with Gasteiger partial charge >= 0.3 is 0 Å². The lowest BCUT2D eigenvalue weighted by atomic mass is 10.1. The number of hydrogen-bond acceptors (Lipinski definition) is 2. The number of nitrogens with two attached hydrogens (primary N) is 1. The second-order valence-corrected chi connectivity index (χ2v) is 3.90. The first-order chi connectivity index (χ1) is 6.15. The molecule has 0 fully saturated rings. The Morgan fingerprint density at radius 1 is 1.77 bits per heavy atom. The second kappa shape index (κ2) is 4.53. The lowest BCUT2D eigenvalue weighted by molar-refractivity contribution is 0.706. The van der Waals surface area contributed by atoms with Crippen molar-refractivity contribution in [1.29, 1.82) is 0 Å². The maximum absolute atomic E-state index is 5.91. The summed E-state index contributed by atoms with van der Waals surface area (Å²) in [6.45, 7) is 5.67. The van der Waals surface area contributed by atoms with Crippen LogP contribution in [0.2, 0.25) is 0 Å². The van der Waals surface area contributed by atoms with E-state index in [9.17, 15) is 0 Å². The van der Waals surface area contributed by atoms with Gasteiger partial charge in [0, 0.05) is 10.7 Å². The monoisotopic (exact) mass is 240 g/mol. The highest BCUT2D eigenvalue weighted by Gasteiger charge is 2.08. The van der Waals surface area contributed by atoms with Crippen LogP contribution in [0.4, 0.5) is 0 Å². The normalized spacial score (nSPS) is 12.5. The molecule has 1 unspecified atom stereocenters. The zero-order valence-corrected chi connectivity index (χ0v) is 9.21. The molecule has 0 spiro atoms. The number of halogens is 1. The molecule has 0 bridgehead atoms. The van der Waals surface area contributed by atoms with Crippen molar-refractivity contribution in [1.82, 2.24) is 4.98 Å². The predicted octanol–water partition coefficient (Wildman–Crippen LogP) is 2.73. The van der Waals surface area contributed by atoms with Gasteiger partial charge in [-0.15, -0.1) is 6.58 Å². The zero-order chi connectivity index (χ0) is 9.84. The molecule has 2 nitrogen and oxygen atoms in total. The molecule has 1 rings (SSSR count). The Morgan fingerprint density at radius 3 is 3.00 bits per heavy atom. The number of hydrogen-bond donors (Lipinski definition) is 1. The van der Waals surface area contributed by atoms with Crippen molar-refractivity contribution >= 4 is 15.9 Å². The van der Waals surface area contributed by atoms with Crippen molar-refractivity contribution in [2.45, 2.75) is 19.4 Å². The maximum Gasteiger partial charge on any atom is 0.0604 e. The minimum Gasteiger partial charge on any atom is -0.322 e. The largest absolute Gasteiger partial charge is 0.322 e. The summed E-state index contributed by atoms with van der Waals surface area (Å²) in [5.74, 6) is 0. The van der Waals surface area contributed by atoms with Crippen molar-refractivity contribution in [3.05, 3.63) is 40.6 Å². The fourth-order valence-electron chi connectivity index (χ4n) is 1.23. The Morgan fingerprint density at radius 2 is 2.46 bits per heavy atom. The minimum atomic E-state index is -0.0365. The number of rotatable bonds is 3. The van der Waals surface area contributed by atoms with Gasteiger partial charge in [-0.05, 0) is 40.9 Å². The van der Waals surface area contributed by atoms with E-state index >= 15 is 0 Å². The Hall–Kier alpha value is -0.670. The summed E-state index contributed by atoms with van der Waals surface area (Å²) in [6, 6.07) is 1.98. The first-order valence-corrected chi connectivity index (χ1v) is 4.93. The summed E-state index contributed by atoms with van der Waals surface area (Å²) in [5.41, 5.74) is 7.97. The van der Waals surface area contributed by atoms with Crippen LogP contribution in [0, 0.1) is 6.92 Å². The molecule has 0 aliphatic heterocycles. The molecular weight excluding hydrogens is 228 g/mol. The molecule has 0 aliphatic carbocycles. The standard InChI is InChI=1S/C10H13BrN2/c1-3-4-9(12)10-7(2)5-8(11)6-13-10/h3,5-6,9H,1,4,12H2,2H3. The predicted molar refractivity (Wildman–Crippen MR) is 58.4 cm³/mol. The number of aromatic nitrogens is 1. The third-order valence-corrected chi connectivity index (χ3v) is 2.29. The zero-order valence-electron chi connectivity index (χ0n) is 7.63. The molecule has 70 valence electrons. The van der Waals surface area contributed by atoms with Gasteiger partial charge in [-0.3, -0.25) is 4.98 Å². The smallest absolute Gasteiger partial charge is 0.0604 e. The fourth-order valence-corrected chi connectivity index (χ4v) is 1.68. The van der Waals surface area contributed by atoms with Gasteiger partial charge in [-0.2, -0.15) is 0 Å². The third kappa shape index (κ3) is 2.64. The lowest BCUT2D eigenvalue weighted by Gasteiger charge is -2.11. The summed E-state index contributed by atoms with van der Waals surface area (Å²) in [7, 11) is 0. The van der Waals surface area contributed by atoms with Gasteiger partial charge in [0.15, 0.2) is 0 Å². The molecule has 1 aromatic rings. The van der Waals surface area contributed by atoms with E-state index in [1.807, 2.05) is 19.1 Å². The highest BCUT2D eigenvalue weighted by Crippen LogP contribution is 2.19. The summed E-state index contributed by atoms with van der Waals surface area (Å²) in [5, 5.41) is 0.